The maximum absolute atomic E-state index is 11.9. The Balaban J connectivity index is 1.57. The highest BCUT2D eigenvalue weighted by Gasteiger charge is 2.32. The number of anilines is 3. The molecule has 1 aromatic heterocycles. The van der Waals surface area contributed by atoms with E-state index in [1.807, 2.05) is 16.8 Å². The molecule has 0 radical (unpaired) electrons. The molecule has 2 unspecified atom stereocenters. The third-order valence-corrected chi connectivity index (χ3v) is 6.78. The largest absolute Gasteiger partial charge is 0.495 e. The van der Waals surface area contributed by atoms with Gasteiger partial charge in [-0.05, 0) is 6.08 Å². The topological polar surface area (TPSA) is 121 Å². The lowest BCUT2D eigenvalue weighted by Crippen LogP contribution is -2.57. The van der Waals surface area contributed by atoms with Gasteiger partial charge in [-0.15, -0.1) is 0 Å². The van der Waals surface area contributed by atoms with Gasteiger partial charge in [0.15, 0.2) is 0 Å². The van der Waals surface area contributed by atoms with Crippen LogP contribution in [0.5, 0.6) is 11.5 Å². The van der Waals surface area contributed by atoms with Gasteiger partial charge in [0.2, 0.25) is 17.8 Å². The highest BCUT2D eigenvalue weighted by atomic mass is 35.5. The lowest BCUT2D eigenvalue weighted by atomic mass is 10.00. The predicted molar refractivity (Wildman–Crippen MR) is 138 cm³/mol. The molecule has 3 heterocycles. The molecule has 0 aliphatic carbocycles. The smallest absolute Gasteiger partial charge is 0.243 e. The minimum atomic E-state index is -0.426. The number of hydrogen-bond donors (Lipinski definition) is 3. The van der Waals surface area contributed by atoms with E-state index in [9.17, 15) is 9.59 Å². The molecule has 3 N–H and O–H groups in total. The number of aromatic nitrogens is 2. The van der Waals surface area contributed by atoms with Gasteiger partial charge >= 0.3 is 0 Å². The average Bonchev–Trinajstić information content (AvgIpc) is 2.86. The van der Waals surface area contributed by atoms with Crippen molar-refractivity contribution in [3.8, 4) is 11.5 Å². The van der Waals surface area contributed by atoms with Gasteiger partial charge in [0.05, 0.1) is 38.7 Å². The minimum Gasteiger partial charge on any atom is -0.495 e. The summed E-state index contributed by atoms with van der Waals surface area (Å²) in [7, 11) is 4.96. The molecule has 1 fully saturated rings. The lowest BCUT2D eigenvalue weighted by molar-refractivity contribution is -0.123. The zero-order valence-corrected chi connectivity index (χ0v) is 21.6. The quantitative estimate of drug-likeness (QED) is 0.458. The minimum absolute atomic E-state index is 0.139. The van der Waals surface area contributed by atoms with Crippen molar-refractivity contribution in [1.29, 1.82) is 0 Å². The van der Waals surface area contributed by atoms with Gasteiger partial charge in [-0.2, -0.15) is 4.98 Å². The van der Waals surface area contributed by atoms with E-state index in [0.717, 1.165) is 11.4 Å². The molecule has 4 rings (SSSR count). The number of nitrogens with zero attached hydrogens (tertiary/aromatic N) is 4. The third-order valence-electron chi connectivity index (χ3n) is 6.05. The predicted octanol–water partition coefficient (Wildman–Crippen LogP) is 2.19. The molecule has 0 saturated carbocycles. The van der Waals surface area contributed by atoms with E-state index in [0.29, 0.717) is 52.9 Å². The normalized spacial score (nSPS) is 19.2. The summed E-state index contributed by atoms with van der Waals surface area (Å²) in [4.78, 5) is 36.8. The van der Waals surface area contributed by atoms with E-state index in [-0.39, 0.29) is 24.3 Å². The van der Waals surface area contributed by atoms with E-state index in [1.165, 1.54) is 20.3 Å². The molecule has 2 aliphatic rings. The van der Waals surface area contributed by atoms with Crippen LogP contribution in [-0.4, -0.2) is 68.3 Å². The number of halogens is 2. The average molecular weight is 536 g/mol. The van der Waals surface area contributed by atoms with Crippen LogP contribution in [0.4, 0.5) is 17.5 Å². The van der Waals surface area contributed by atoms with E-state index in [4.69, 9.17) is 37.7 Å². The van der Waals surface area contributed by atoms with Crippen molar-refractivity contribution in [2.24, 2.45) is 0 Å². The molecule has 11 nitrogen and oxygen atoms in total. The number of piperidine rings is 1. The zero-order valence-electron chi connectivity index (χ0n) is 20.1. The van der Waals surface area contributed by atoms with Crippen LogP contribution in [-0.2, 0) is 16.1 Å². The van der Waals surface area contributed by atoms with Crippen LogP contribution in [0.25, 0.3) is 0 Å². The first-order valence-electron chi connectivity index (χ1n) is 11.1. The Hall–Kier alpha value is -3.44. The Kier molecular flexibility index (Phi) is 7.60. The van der Waals surface area contributed by atoms with Crippen molar-refractivity contribution < 1.29 is 19.1 Å². The first kappa shape index (κ1) is 25.6. The summed E-state index contributed by atoms with van der Waals surface area (Å²) in [6.07, 6.45) is 3.05. The van der Waals surface area contributed by atoms with Crippen molar-refractivity contribution in [2.75, 3.05) is 49.6 Å². The third kappa shape index (κ3) is 5.07. The van der Waals surface area contributed by atoms with Crippen LogP contribution < -0.4 is 35.2 Å². The van der Waals surface area contributed by atoms with E-state index in [2.05, 4.69) is 27.5 Å². The number of ether oxygens (including phenoxy) is 2. The molecule has 2 aromatic rings. The number of hydrogen-bond acceptors (Lipinski definition) is 9. The van der Waals surface area contributed by atoms with Crippen molar-refractivity contribution in [3.63, 3.8) is 0 Å². The molecular formula is C23H27Cl2N7O4. The van der Waals surface area contributed by atoms with Gasteiger partial charge in [-0.3, -0.25) is 9.59 Å². The van der Waals surface area contributed by atoms with Crippen LogP contribution in [0.3, 0.4) is 0 Å². The Labute approximate surface area is 218 Å². The van der Waals surface area contributed by atoms with Crippen LogP contribution >= 0.6 is 23.2 Å². The Morgan fingerprint density at radius 2 is 1.94 bits per heavy atom. The fraction of sp³-hybridized carbons (Fsp3) is 0.391. The van der Waals surface area contributed by atoms with Crippen molar-refractivity contribution >= 4 is 52.5 Å². The second-order valence-electron chi connectivity index (χ2n) is 8.42. The number of amides is 2. The Morgan fingerprint density at radius 3 is 2.58 bits per heavy atom. The Morgan fingerprint density at radius 1 is 1.25 bits per heavy atom. The highest BCUT2D eigenvalue weighted by Crippen LogP contribution is 2.47. The lowest BCUT2D eigenvalue weighted by Gasteiger charge is -2.38. The molecule has 1 aromatic carbocycles. The number of rotatable bonds is 7. The SMILES string of the molecule is C=CC(=O)NC1CC(=O)NCC1Nc1ncc2c(n1)N(C)CN(c1c(Cl)c(OC)cc(OC)c1Cl)C2. The molecule has 2 atom stereocenters. The van der Waals surface area contributed by atoms with E-state index in [1.54, 1.807) is 12.3 Å². The van der Waals surface area contributed by atoms with Gasteiger partial charge in [0.1, 0.15) is 27.4 Å². The Bertz CT molecular complexity index is 1170. The fourth-order valence-corrected chi connectivity index (χ4v) is 5.02. The molecule has 192 valence electrons. The summed E-state index contributed by atoms with van der Waals surface area (Å²) >= 11 is 13.2. The standard InChI is InChI=1S/C23H27Cl2N7O4/c1-5-17(33)28-13-6-18(34)26-9-14(13)29-23-27-8-12-10-32(11-31(2)22(12)30-23)21-19(24)15(35-3)7-16(36-4)20(21)25/h5,7-8,13-14H,1,6,9-11H2,2-4H3,(H,26,34)(H,28,33)(H,27,29,30). The highest BCUT2D eigenvalue weighted by molar-refractivity contribution is 6.41. The van der Waals surface area contributed by atoms with Crippen LogP contribution in [0.15, 0.2) is 24.9 Å². The molecule has 2 amide bonds. The summed E-state index contributed by atoms with van der Waals surface area (Å²) in [6.45, 7) is 4.68. The number of fused-ring (bicyclic) bond motifs is 1. The maximum atomic E-state index is 11.9. The maximum Gasteiger partial charge on any atom is 0.243 e. The molecule has 0 bridgehead atoms. The monoisotopic (exact) mass is 535 g/mol. The zero-order chi connectivity index (χ0) is 26.0. The molecule has 36 heavy (non-hydrogen) atoms. The number of methoxy groups -OCH3 is 2. The van der Waals surface area contributed by atoms with Gasteiger partial charge in [-0.25, -0.2) is 4.98 Å². The van der Waals surface area contributed by atoms with Gasteiger partial charge < -0.3 is 35.2 Å². The van der Waals surface area contributed by atoms with Gasteiger partial charge in [0.25, 0.3) is 0 Å². The number of carbonyl (C=O) groups is 2. The summed E-state index contributed by atoms with van der Waals surface area (Å²) < 4.78 is 10.8. The van der Waals surface area contributed by atoms with E-state index < -0.39 is 6.04 Å². The summed E-state index contributed by atoms with van der Waals surface area (Å²) in [5.41, 5.74) is 1.45. The number of nitrogens with one attached hydrogen (secondary N) is 3. The molecule has 0 spiro atoms. The first-order chi connectivity index (χ1) is 17.2. The van der Waals surface area contributed by atoms with Crippen molar-refractivity contribution in [1.82, 2.24) is 20.6 Å². The van der Waals surface area contributed by atoms with Crippen LogP contribution in [0.1, 0.15) is 12.0 Å². The van der Waals surface area contributed by atoms with Crippen LogP contribution in [0, 0.1) is 0 Å². The fourth-order valence-electron chi connectivity index (χ4n) is 4.28. The number of benzene rings is 1. The summed E-state index contributed by atoms with van der Waals surface area (Å²) in [5, 5.41) is 9.60. The van der Waals surface area contributed by atoms with Gasteiger partial charge in [0, 0.05) is 44.4 Å². The molecular weight excluding hydrogens is 509 g/mol. The van der Waals surface area contributed by atoms with Gasteiger partial charge in [-0.1, -0.05) is 29.8 Å². The van der Waals surface area contributed by atoms with E-state index >= 15 is 0 Å². The second-order valence-corrected chi connectivity index (χ2v) is 9.17. The molecule has 13 heteroatoms. The van der Waals surface area contributed by atoms with Crippen molar-refractivity contribution in [2.45, 2.75) is 25.0 Å². The molecule has 1 saturated heterocycles. The first-order valence-corrected chi connectivity index (χ1v) is 11.9. The number of carbonyl (C=O) groups excluding carboxylic acids is 2. The van der Waals surface area contributed by atoms with Crippen molar-refractivity contribution in [3.05, 3.63) is 40.5 Å². The summed E-state index contributed by atoms with van der Waals surface area (Å²) in [5.74, 6) is 1.54. The molecule has 2 aliphatic heterocycles. The van der Waals surface area contributed by atoms with Crippen LogP contribution in [0.2, 0.25) is 10.0 Å². The second kappa shape index (κ2) is 10.7. The summed E-state index contributed by atoms with van der Waals surface area (Å²) in [6, 6.07) is 0.927.